The molecule has 0 aliphatic rings. The largest absolute Gasteiger partial charge is 0.383 e. The number of aromatic nitrogens is 1. The summed E-state index contributed by atoms with van der Waals surface area (Å²) in [6, 6.07) is 12.1. The first-order chi connectivity index (χ1) is 11.6. The molecule has 1 aromatic heterocycles. The summed E-state index contributed by atoms with van der Waals surface area (Å²) in [4.78, 5) is 24.5. The first-order valence-electron chi connectivity index (χ1n) is 7.53. The summed E-state index contributed by atoms with van der Waals surface area (Å²) in [6.45, 7) is 2.05. The number of benzene rings is 1. The SMILES string of the molecule is COCC(C)NC(=O)C(C#N)C(=O)c1ccc(-n2cccc2)cc1. The summed E-state index contributed by atoms with van der Waals surface area (Å²) in [5, 5.41) is 11.8. The molecular formula is C18H19N3O3. The average Bonchev–Trinajstić information content (AvgIpc) is 3.10. The number of ether oxygens (including phenoxy) is 1. The van der Waals surface area contributed by atoms with Crippen molar-refractivity contribution in [2.45, 2.75) is 13.0 Å². The van der Waals surface area contributed by atoms with Gasteiger partial charge < -0.3 is 14.6 Å². The zero-order chi connectivity index (χ0) is 17.5. The molecule has 6 heteroatoms. The third-order valence-corrected chi connectivity index (χ3v) is 3.51. The van der Waals surface area contributed by atoms with E-state index in [4.69, 9.17) is 4.74 Å². The van der Waals surface area contributed by atoms with Gasteiger partial charge in [-0.1, -0.05) is 0 Å². The molecule has 124 valence electrons. The number of methoxy groups -OCH3 is 1. The molecule has 1 amide bonds. The average molecular weight is 325 g/mol. The van der Waals surface area contributed by atoms with Crippen molar-refractivity contribution in [1.29, 1.82) is 5.26 Å². The smallest absolute Gasteiger partial charge is 0.245 e. The van der Waals surface area contributed by atoms with E-state index in [1.54, 1.807) is 37.3 Å². The second kappa shape index (κ2) is 8.09. The lowest BCUT2D eigenvalue weighted by atomic mass is 9.97. The Morgan fingerprint density at radius 2 is 1.88 bits per heavy atom. The van der Waals surface area contributed by atoms with Crippen LogP contribution in [0.3, 0.4) is 0 Å². The molecule has 0 saturated heterocycles. The highest BCUT2D eigenvalue weighted by molar-refractivity contribution is 6.12. The fourth-order valence-corrected chi connectivity index (χ4v) is 2.33. The summed E-state index contributed by atoms with van der Waals surface area (Å²) >= 11 is 0. The van der Waals surface area contributed by atoms with Crippen LogP contribution >= 0.6 is 0 Å². The Morgan fingerprint density at radius 1 is 1.25 bits per heavy atom. The number of nitrogens with one attached hydrogen (secondary N) is 1. The molecule has 0 aliphatic carbocycles. The number of ketones is 1. The van der Waals surface area contributed by atoms with Crippen LogP contribution in [0, 0.1) is 17.2 Å². The van der Waals surface area contributed by atoms with E-state index < -0.39 is 17.6 Å². The molecule has 2 unspecified atom stereocenters. The molecule has 1 heterocycles. The molecule has 1 aromatic carbocycles. The minimum Gasteiger partial charge on any atom is -0.383 e. The highest BCUT2D eigenvalue weighted by atomic mass is 16.5. The summed E-state index contributed by atoms with van der Waals surface area (Å²) < 4.78 is 6.82. The summed E-state index contributed by atoms with van der Waals surface area (Å²) in [5.74, 6) is -2.50. The van der Waals surface area contributed by atoms with Crippen molar-refractivity contribution in [3.05, 3.63) is 54.4 Å². The number of rotatable bonds is 7. The van der Waals surface area contributed by atoms with Gasteiger partial charge in [-0.25, -0.2) is 0 Å². The number of carbonyl (C=O) groups is 2. The van der Waals surface area contributed by atoms with Gasteiger partial charge in [0.05, 0.1) is 12.7 Å². The predicted molar refractivity (Wildman–Crippen MR) is 88.7 cm³/mol. The van der Waals surface area contributed by atoms with E-state index in [0.29, 0.717) is 12.2 Å². The van der Waals surface area contributed by atoms with Crippen LogP contribution in [-0.4, -0.2) is 36.0 Å². The number of nitriles is 1. The molecule has 6 nitrogen and oxygen atoms in total. The number of amides is 1. The van der Waals surface area contributed by atoms with Crippen LogP contribution in [0.4, 0.5) is 0 Å². The lowest BCUT2D eigenvalue weighted by molar-refractivity contribution is -0.123. The zero-order valence-corrected chi connectivity index (χ0v) is 13.6. The van der Waals surface area contributed by atoms with Crippen molar-refractivity contribution >= 4 is 11.7 Å². The minimum atomic E-state index is -1.37. The van der Waals surface area contributed by atoms with Gasteiger partial charge in [-0.2, -0.15) is 5.26 Å². The van der Waals surface area contributed by atoms with Crippen LogP contribution in [-0.2, 0) is 9.53 Å². The predicted octanol–water partition coefficient (Wildman–Crippen LogP) is 1.95. The van der Waals surface area contributed by atoms with Gasteiger partial charge in [0, 0.05) is 36.8 Å². The van der Waals surface area contributed by atoms with Crippen molar-refractivity contribution in [3.63, 3.8) is 0 Å². The van der Waals surface area contributed by atoms with Gasteiger partial charge in [0.1, 0.15) is 0 Å². The van der Waals surface area contributed by atoms with E-state index in [0.717, 1.165) is 5.69 Å². The molecule has 0 fully saturated rings. The molecule has 2 atom stereocenters. The number of Topliss-reactive ketones (excluding diaryl/α,β-unsaturated/α-hetero) is 1. The normalized spacial score (nSPS) is 12.9. The van der Waals surface area contributed by atoms with Crippen molar-refractivity contribution < 1.29 is 14.3 Å². The van der Waals surface area contributed by atoms with Gasteiger partial charge in [0.25, 0.3) is 0 Å². The minimum absolute atomic E-state index is 0.276. The molecule has 0 radical (unpaired) electrons. The van der Waals surface area contributed by atoms with Gasteiger partial charge >= 0.3 is 0 Å². The van der Waals surface area contributed by atoms with E-state index in [2.05, 4.69) is 5.32 Å². The Hall–Kier alpha value is -2.91. The molecule has 2 rings (SSSR count). The van der Waals surface area contributed by atoms with E-state index in [9.17, 15) is 14.9 Å². The van der Waals surface area contributed by atoms with Crippen LogP contribution in [0.2, 0.25) is 0 Å². The zero-order valence-electron chi connectivity index (χ0n) is 13.6. The number of carbonyl (C=O) groups excluding carboxylic acids is 2. The van der Waals surface area contributed by atoms with Crippen molar-refractivity contribution in [3.8, 4) is 11.8 Å². The Bertz CT molecular complexity index is 730. The number of hydrogen-bond acceptors (Lipinski definition) is 4. The fourth-order valence-electron chi connectivity index (χ4n) is 2.33. The Kier molecular flexibility index (Phi) is 5.88. The van der Waals surface area contributed by atoms with E-state index in [1.165, 1.54) is 7.11 Å². The topological polar surface area (TPSA) is 84.1 Å². The van der Waals surface area contributed by atoms with Crippen LogP contribution in [0.1, 0.15) is 17.3 Å². The summed E-state index contributed by atoms with van der Waals surface area (Å²) in [5.41, 5.74) is 1.22. The monoisotopic (exact) mass is 325 g/mol. The molecule has 24 heavy (non-hydrogen) atoms. The van der Waals surface area contributed by atoms with Gasteiger partial charge in [-0.3, -0.25) is 9.59 Å². The van der Waals surface area contributed by atoms with Crippen molar-refractivity contribution in [2.75, 3.05) is 13.7 Å². The Labute approximate surface area is 140 Å². The second-order valence-corrected chi connectivity index (χ2v) is 5.43. The van der Waals surface area contributed by atoms with Crippen molar-refractivity contribution in [2.24, 2.45) is 5.92 Å². The van der Waals surface area contributed by atoms with E-state index in [-0.39, 0.29) is 6.04 Å². The highest BCUT2D eigenvalue weighted by Crippen LogP contribution is 2.14. The number of nitrogens with zero attached hydrogens (tertiary/aromatic N) is 2. The highest BCUT2D eigenvalue weighted by Gasteiger charge is 2.28. The molecule has 0 aliphatic heterocycles. The standard InChI is InChI=1S/C18H19N3O3/c1-13(12-24-2)20-18(23)16(11-19)17(22)14-5-7-15(8-6-14)21-9-3-4-10-21/h3-10,13,16H,12H2,1-2H3,(H,20,23). The third kappa shape index (κ3) is 4.09. The Balaban J connectivity index is 2.11. The maximum atomic E-state index is 12.4. The summed E-state index contributed by atoms with van der Waals surface area (Å²) in [6.07, 6.45) is 3.78. The quantitative estimate of drug-likeness (QED) is 0.623. The third-order valence-electron chi connectivity index (χ3n) is 3.51. The van der Waals surface area contributed by atoms with Gasteiger partial charge in [0.2, 0.25) is 5.91 Å². The lowest BCUT2D eigenvalue weighted by Crippen LogP contribution is -2.41. The number of hydrogen-bond donors (Lipinski definition) is 1. The second-order valence-electron chi connectivity index (χ2n) is 5.43. The van der Waals surface area contributed by atoms with Gasteiger partial charge in [0.15, 0.2) is 11.7 Å². The molecule has 2 aromatic rings. The lowest BCUT2D eigenvalue weighted by Gasteiger charge is -2.15. The molecule has 0 spiro atoms. The Morgan fingerprint density at radius 3 is 2.42 bits per heavy atom. The molecule has 0 bridgehead atoms. The van der Waals surface area contributed by atoms with Crippen molar-refractivity contribution in [1.82, 2.24) is 9.88 Å². The first kappa shape index (κ1) is 17.4. The van der Waals surface area contributed by atoms with E-state index >= 15 is 0 Å². The first-order valence-corrected chi connectivity index (χ1v) is 7.53. The summed E-state index contributed by atoms with van der Waals surface area (Å²) in [7, 11) is 1.52. The van der Waals surface area contributed by atoms with Crippen LogP contribution < -0.4 is 5.32 Å². The fraction of sp³-hybridized carbons (Fsp3) is 0.278. The van der Waals surface area contributed by atoms with Crippen LogP contribution in [0.25, 0.3) is 5.69 Å². The van der Waals surface area contributed by atoms with E-state index in [1.807, 2.05) is 29.1 Å². The molecular weight excluding hydrogens is 306 g/mol. The molecule has 0 saturated carbocycles. The molecule has 1 N–H and O–H groups in total. The maximum absolute atomic E-state index is 12.4. The van der Waals surface area contributed by atoms with Gasteiger partial charge in [-0.05, 0) is 43.3 Å². The van der Waals surface area contributed by atoms with Crippen LogP contribution in [0.15, 0.2) is 48.8 Å². The van der Waals surface area contributed by atoms with Gasteiger partial charge in [-0.15, -0.1) is 0 Å². The maximum Gasteiger partial charge on any atom is 0.245 e. The van der Waals surface area contributed by atoms with Crippen LogP contribution in [0.5, 0.6) is 0 Å².